The molecule has 0 fully saturated rings. The highest BCUT2D eigenvalue weighted by Crippen LogP contribution is 2.19. The lowest BCUT2D eigenvalue weighted by Gasteiger charge is -2.11. The lowest BCUT2D eigenvalue weighted by atomic mass is 10.2. The molecule has 4 rings (SSSR count). The van der Waals surface area contributed by atoms with Gasteiger partial charge in [-0.2, -0.15) is 0 Å². The molecule has 5 nitrogen and oxygen atoms in total. The Bertz CT molecular complexity index is 1200. The van der Waals surface area contributed by atoms with Gasteiger partial charge in [-0.05, 0) is 42.0 Å². The minimum absolute atomic E-state index is 0.190. The maximum absolute atomic E-state index is 12.5. The Labute approximate surface area is 179 Å². The molecule has 6 heteroatoms. The second-order valence-corrected chi connectivity index (χ2v) is 7.01. The van der Waals surface area contributed by atoms with Crippen LogP contribution in [0.2, 0.25) is 0 Å². The summed E-state index contributed by atoms with van der Waals surface area (Å²) < 4.78 is 5.82. The predicted octanol–water partition coefficient (Wildman–Crippen LogP) is 4.94. The first-order valence-corrected chi connectivity index (χ1v) is 9.83. The van der Waals surface area contributed by atoms with Crippen LogP contribution in [-0.4, -0.2) is 16.0 Å². The van der Waals surface area contributed by atoms with E-state index < -0.39 is 0 Å². The van der Waals surface area contributed by atoms with Crippen molar-refractivity contribution in [2.45, 2.75) is 6.61 Å². The summed E-state index contributed by atoms with van der Waals surface area (Å²) in [5.41, 5.74) is 2.86. The van der Waals surface area contributed by atoms with Gasteiger partial charge in [0.25, 0.3) is 5.91 Å². The number of hydrogen-bond donors (Lipinski definition) is 2. The molecule has 1 heterocycles. The van der Waals surface area contributed by atoms with Gasteiger partial charge in [0, 0.05) is 17.1 Å². The maximum atomic E-state index is 12.5. The first-order chi connectivity index (χ1) is 14.7. The lowest BCUT2D eigenvalue weighted by molar-refractivity contribution is 0.0973. The molecule has 0 saturated heterocycles. The largest absolute Gasteiger partial charge is 0.489 e. The molecule has 0 atom stereocenters. The summed E-state index contributed by atoms with van der Waals surface area (Å²) in [4.78, 5) is 16.9. The number of hydrogen-bond acceptors (Lipinski definition) is 4. The number of carbonyl (C=O) groups excluding carboxylic acids is 1. The summed E-state index contributed by atoms with van der Waals surface area (Å²) >= 11 is 5.28. The number of carbonyl (C=O) groups is 1. The third-order valence-corrected chi connectivity index (χ3v) is 4.60. The van der Waals surface area contributed by atoms with E-state index in [0.29, 0.717) is 18.1 Å². The number of nitrogens with zero attached hydrogens (tertiary/aromatic N) is 1. The number of aromatic nitrogens is 1. The first-order valence-electron chi connectivity index (χ1n) is 9.42. The van der Waals surface area contributed by atoms with Gasteiger partial charge in [0.05, 0.1) is 5.52 Å². The Morgan fingerprint density at radius 3 is 2.57 bits per heavy atom. The van der Waals surface area contributed by atoms with E-state index in [1.54, 1.807) is 6.07 Å². The Morgan fingerprint density at radius 2 is 1.70 bits per heavy atom. The molecule has 0 aliphatic carbocycles. The molecule has 0 unspecified atom stereocenters. The average molecular weight is 414 g/mol. The molecular weight excluding hydrogens is 394 g/mol. The highest BCUT2D eigenvalue weighted by molar-refractivity contribution is 7.80. The fourth-order valence-corrected chi connectivity index (χ4v) is 3.14. The number of pyridine rings is 1. The number of anilines is 1. The van der Waals surface area contributed by atoms with E-state index in [-0.39, 0.29) is 11.0 Å². The summed E-state index contributed by atoms with van der Waals surface area (Å²) in [5.74, 6) is 0.337. The second kappa shape index (κ2) is 9.15. The molecule has 30 heavy (non-hydrogen) atoms. The summed E-state index contributed by atoms with van der Waals surface area (Å²) in [7, 11) is 0. The van der Waals surface area contributed by atoms with Crippen LogP contribution >= 0.6 is 12.2 Å². The van der Waals surface area contributed by atoms with Crippen LogP contribution in [0.25, 0.3) is 10.9 Å². The van der Waals surface area contributed by atoms with Crippen molar-refractivity contribution in [2.75, 3.05) is 5.32 Å². The van der Waals surface area contributed by atoms with E-state index >= 15 is 0 Å². The summed E-state index contributed by atoms with van der Waals surface area (Å²) in [6, 6.07) is 28.5. The van der Waals surface area contributed by atoms with E-state index in [9.17, 15) is 4.79 Å². The number of ether oxygens (including phenoxy) is 1. The molecule has 1 amide bonds. The monoisotopic (exact) mass is 413 g/mol. The van der Waals surface area contributed by atoms with E-state index in [1.165, 1.54) is 0 Å². The van der Waals surface area contributed by atoms with Crippen molar-refractivity contribution in [3.8, 4) is 5.75 Å². The predicted molar refractivity (Wildman–Crippen MR) is 123 cm³/mol. The molecule has 0 spiro atoms. The molecule has 148 valence electrons. The fourth-order valence-electron chi connectivity index (χ4n) is 2.93. The third-order valence-electron chi connectivity index (χ3n) is 4.40. The zero-order valence-electron chi connectivity index (χ0n) is 16.0. The molecule has 0 bridgehead atoms. The molecule has 0 aliphatic rings. The van der Waals surface area contributed by atoms with Crippen LogP contribution in [0.1, 0.15) is 16.1 Å². The van der Waals surface area contributed by atoms with Gasteiger partial charge in [0.15, 0.2) is 5.11 Å². The number of rotatable bonds is 5. The van der Waals surface area contributed by atoms with E-state index in [0.717, 1.165) is 22.2 Å². The van der Waals surface area contributed by atoms with Crippen molar-refractivity contribution >= 4 is 39.8 Å². The minimum Gasteiger partial charge on any atom is -0.489 e. The smallest absolute Gasteiger partial charge is 0.276 e. The topological polar surface area (TPSA) is 63.2 Å². The highest BCUT2D eigenvalue weighted by Gasteiger charge is 2.10. The normalized spacial score (nSPS) is 10.4. The minimum atomic E-state index is -0.366. The molecular formula is C24H19N3O2S. The van der Waals surface area contributed by atoms with Crippen LogP contribution in [-0.2, 0) is 6.61 Å². The van der Waals surface area contributed by atoms with Gasteiger partial charge >= 0.3 is 0 Å². The van der Waals surface area contributed by atoms with Crippen molar-refractivity contribution in [2.24, 2.45) is 0 Å². The van der Waals surface area contributed by atoms with E-state index in [2.05, 4.69) is 15.6 Å². The van der Waals surface area contributed by atoms with Gasteiger partial charge < -0.3 is 10.1 Å². The van der Waals surface area contributed by atoms with Gasteiger partial charge in [0.1, 0.15) is 18.1 Å². The molecule has 2 N–H and O–H groups in total. The van der Waals surface area contributed by atoms with Gasteiger partial charge in [0.2, 0.25) is 0 Å². The van der Waals surface area contributed by atoms with Crippen LogP contribution in [0.5, 0.6) is 5.75 Å². The van der Waals surface area contributed by atoms with Crippen LogP contribution in [0, 0.1) is 0 Å². The Kier molecular flexibility index (Phi) is 5.96. The van der Waals surface area contributed by atoms with Crippen LogP contribution in [0.3, 0.4) is 0 Å². The standard InChI is InChI=1S/C24H19N3O2S/c28-23(22-14-13-18-9-4-5-12-21(18)26-22)27-24(30)25-19-10-6-11-20(15-19)29-16-17-7-2-1-3-8-17/h1-15H,16H2,(H2,25,27,28,30). The van der Waals surface area contributed by atoms with Crippen LogP contribution < -0.4 is 15.4 Å². The second-order valence-electron chi connectivity index (χ2n) is 6.60. The first kappa shape index (κ1) is 19.5. The lowest BCUT2D eigenvalue weighted by Crippen LogP contribution is -2.34. The molecule has 0 aliphatic heterocycles. The number of benzene rings is 3. The highest BCUT2D eigenvalue weighted by atomic mass is 32.1. The van der Waals surface area contributed by atoms with Crippen LogP contribution in [0.4, 0.5) is 5.69 Å². The average Bonchev–Trinajstić information content (AvgIpc) is 2.78. The number of thiocarbonyl (C=S) groups is 1. The van der Waals surface area contributed by atoms with Crippen LogP contribution in [0.15, 0.2) is 91.0 Å². The zero-order chi connectivity index (χ0) is 20.8. The van der Waals surface area contributed by atoms with Crippen molar-refractivity contribution in [1.29, 1.82) is 0 Å². The molecule has 0 radical (unpaired) electrons. The summed E-state index contributed by atoms with van der Waals surface area (Å²) in [6.45, 7) is 0.471. The molecule has 3 aromatic carbocycles. The molecule has 4 aromatic rings. The van der Waals surface area contributed by atoms with Gasteiger partial charge in [-0.15, -0.1) is 0 Å². The van der Waals surface area contributed by atoms with Crippen molar-refractivity contribution in [1.82, 2.24) is 10.3 Å². The SMILES string of the molecule is O=C(NC(=S)Nc1cccc(OCc2ccccc2)c1)c1ccc2ccccc2n1. The van der Waals surface area contributed by atoms with Crippen molar-refractivity contribution < 1.29 is 9.53 Å². The Balaban J connectivity index is 1.36. The van der Waals surface area contributed by atoms with Crippen molar-refractivity contribution in [3.63, 3.8) is 0 Å². The number of para-hydroxylation sites is 1. The Hall–Kier alpha value is -3.77. The van der Waals surface area contributed by atoms with E-state index in [1.807, 2.05) is 84.9 Å². The number of amides is 1. The van der Waals surface area contributed by atoms with E-state index in [4.69, 9.17) is 17.0 Å². The van der Waals surface area contributed by atoms with Gasteiger partial charge in [-0.1, -0.05) is 60.7 Å². The Morgan fingerprint density at radius 1 is 0.900 bits per heavy atom. The summed E-state index contributed by atoms with van der Waals surface area (Å²) in [6.07, 6.45) is 0. The zero-order valence-corrected chi connectivity index (χ0v) is 16.9. The number of fused-ring (bicyclic) bond motifs is 1. The summed E-state index contributed by atoms with van der Waals surface area (Å²) in [5, 5.41) is 6.84. The molecule has 0 saturated carbocycles. The maximum Gasteiger partial charge on any atom is 0.276 e. The third kappa shape index (κ3) is 4.98. The fraction of sp³-hybridized carbons (Fsp3) is 0.0417. The van der Waals surface area contributed by atoms with Crippen molar-refractivity contribution in [3.05, 3.63) is 102 Å². The quantitative estimate of drug-likeness (QED) is 0.454. The number of nitrogens with one attached hydrogen (secondary N) is 2. The van der Waals surface area contributed by atoms with Gasteiger partial charge in [-0.3, -0.25) is 10.1 Å². The van der Waals surface area contributed by atoms with Gasteiger partial charge in [-0.25, -0.2) is 4.98 Å². The molecule has 1 aromatic heterocycles.